The summed E-state index contributed by atoms with van der Waals surface area (Å²) in [5.41, 5.74) is 1.27. The van der Waals surface area contributed by atoms with Gasteiger partial charge in [-0.1, -0.05) is 41.9 Å². The molecule has 0 saturated heterocycles. The van der Waals surface area contributed by atoms with Crippen molar-refractivity contribution in [2.24, 2.45) is 0 Å². The fraction of sp³-hybridized carbons (Fsp3) is 0.167. The molecule has 0 bridgehead atoms. The Kier molecular flexibility index (Phi) is 7.22. The predicted molar refractivity (Wildman–Crippen MR) is 118 cm³/mol. The van der Waals surface area contributed by atoms with Crippen LogP contribution in [0.4, 0.5) is 0 Å². The van der Waals surface area contributed by atoms with E-state index in [2.05, 4.69) is 10.3 Å². The number of aliphatic hydroxyl groups is 1. The molecule has 1 unspecified atom stereocenters. The number of pyridine rings is 1. The van der Waals surface area contributed by atoms with Crippen LogP contribution in [0.1, 0.15) is 23.6 Å². The van der Waals surface area contributed by atoms with Crippen molar-refractivity contribution in [3.05, 3.63) is 101 Å². The lowest BCUT2D eigenvalue weighted by atomic mass is 9.96. The van der Waals surface area contributed by atoms with Gasteiger partial charge in [-0.2, -0.15) is 0 Å². The average Bonchev–Trinajstić information content (AvgIpc) is 2.76. The molecule has 2 N–H and O–H groups in total. The molecule has 5 nitrogen and oxygen atoms in total. The van der Waals surface area contributed by atoms with Gasteiger partial charge in [-0.3, -0.25) is 9.78 Å². The van der Waals surface area contributed by atoms with Crippen molar-refractivity contribution in [3.8, 4) is 5.75 Å². The summed E-state index contributed by atoms with van der Waals surface area (Å²) in [6.45, 7) is 2.14. The van der Waals surface area contributed by atoms with E-state index in [1.165, 1.54) is 6.08 Å². The smallest absolute Gasteiger partial charge is 0.244 e. The number of carbonyl (C=O) groups excluding carboxylic acids is 1. The van der Waals surface area contributed by atoms with Crippen LogP contribution in [0.25, 0.3) is 6.08 Å². The molecule has 6 heteroatoms. The number of hydrogen-bond acceptors (Lipinski definition) is 4. The minimum Gasteiger partial charge on any atom is -0.489 e. The van der Waals surface area contributed by atoms with Crippen molar-refractivity contribution < 1.29 is 14.6 Å². The zero-order chi connectivity index (χ0) is 21.4. The van der Waals surface area contributed by atoms with Crippen molar-refractivity contribution in [1.29, 1.82) is 0 Å². The molecule has 3 rings (SSSR count). The van der Waals surface area contributed by atoms with E-state index >= 15 is 0 Å². The number of aromatic nitrogens is 1. The SMILES string of the molecule is CC(O)(CNC(=O)/C=C/c1ccc(OCc2cccnc2)cc1)c1cccc(Cl)c1. The quantitative estimate of drug-likeness (QED) is 0.529. The maximum atomic E-state index is 12.1. The number of hydrogen-bond donors (Lipinski definition) is 2. The highest BCUT2D eigenvalue weighted by Crippen LogP contribution is 2.22. The maximum Gasteiger partial charge on any atom is 0.244 e. The Balaban J connectivity index is 1.49. The number of ether oxygens (including phenoxy) is 1. The number of amides is 1. The van der Waals surface area contributed by atoms with E-state index in [0.717, 1.165) is 16.9 Å². The highest BCUT2D eigenvalue weighted by Gasteiger charge is 2.23. The second kappa shape index (κ2) is 10.1. The van der Waals surface area contributed by atoms with Crippen LogP contribution in [0.5, 0.6) is 5.75 Å². The molecule has 1 heterocycles. The van der Waals surface area contributed by atoms with Crippen molar-refractivity contribution in [1.82, 2.24) is 10.3 Å². The molecule has 1 atom stereocenters. The van der Waals surface area contributed by atoms with Gasteiger partial charge in [0.1, 0.15) is 18.0 Å². The third kappa shape index (κ3) is 6.44. The Morgan fingerprint density at radius 1 is 1.20 bits per heavy atom. The lowest BCUT2D eigenvalue weighted by molar-refractivity contribution is -0.117. The molecule has 3 aromatic rings. The van der Waals surface area contributed by atoms with Crippen LogP contribution in [0.2, 0.25) is 5.02 Å². The van der Waals surface area contributed by atoms with Gasteiger partial charge in [0.15, 0.2) is 0 Å². The van der Waals surface area contributed by atoms with E-state index in [0.29, 0.717) is 17.2 Å². The number of rotatable bonds is 8. The largest absolute Gasteiger partial charge is 0.489 e. The van der Waals surface area contributed by atoms with Crippen LogP contribution < -0.4 is 10.1 Å². The summed E-state index contributed by atoms with van der Waals surface area (Å²) in [7, 11) is 0. The summed E-state index contributed by atoms with van der Waals surface area (Å²) in [6, 6.07) is 18.2. The van der Waals surface area contributed by atoms with Gasteiger partial charge in [0.05, 0.1) is 6.54 Å². The number of halogens is 1. The van der Waals surface area contributed by atoms with E-state index in [9.17, 15) is 9.90 Å². The first-order valence-electron chi connectivity index (χ1n) is 9.48. The standard InChI is InChI=1S/C24H23ClN2O3/c1-24(29,20-5-2-6-21(25)14-20)17-27-23(28)12-9-18-7-10-22(11-8-18)30-16-19-4-3-13-26-15-19/h2-15,29H,16-17H2,1H3,(H,27,28)/b12-9+. The summed E-state index contributed by atoms with van der Waals surface area (Å²) in [5.74, 6) is 0.437. The first kappa shape index (κ1) is 21.6. The van der Waals surface area contributed by atoms with Crippen LogP contribution in [-0.2, 0) is 17.0 Å². The Morgan fingerprint density at radius 2 is 2.00 bits per heavy atom. The molecule has 0 radical (unpaired) electrons. The van der Waals surface area contributed by atoms with E-state index in [1.54, 1.807) is 49.7 Å². The fourth-order valence-corrected chi connectivity index (χ4v) is 2.93. The van der Waals surface area contributed by atoms with Crippen molar-refractivity contribution in [2.75, 3.05) is 6.54 Å². The van der Waals surface area contributed by atoms with Crippen LogP contribution in [0.3, 0.4) is 0 Å². The predicted octanol–water partition coefficient (Wildman–Crippen LogP) is 4.35. The molecule has 154 valence electrons. The van der Waals surface area contributed by atoms with Crippen LogP contribution in [0.15, 0.2) is 79.1 Å². The normalized spacial score (nSPS) is 13.0. The minimum absolute atomic E-state index is 0.0671. The van der Waals surface area contributed by atoms with E-state index < -0.39 is 5.60 Å². The average molecular weight is 423 g/mol. The molecular formula is C24H23ClN2O3. The fourth-order valence-electron chi connectivity index (χ4n) is 2.74. The maximum absolute atomic E-state index is 12.1. The second-order valence-electron chi connectivity index (χ2n) is 7.05. The Bertz CT molecular complexity index is 1000. The van der Waals surface area contributed by atoms with Gasteiger partial charge in [0.25, 0.3) is 0 Å². The summed E-state index contributed by atoms with van der Waals surface area (Å²) in [5, 5.41) is 13.8. The molecule has 0 aliphatic heterocycles. The molecule has 1 amide bonds. The third-order valence-electron chi connectivity index (χ3n) is 4.49. The number of nitrogens with one attached hydrogen (secondary N) is 1. The highest BCUT2D eigenvalue weighted by atomic mass is 35.5. The van der Waals surface area contributed by atoms with Gasteiger partial charge in [-0.25, -0.2) is 0 Å². The first-order valence-corrected chi connectivity index (χ1v) is 9.86. The molecule has 1 aromatic heterocycles. The number of benzene rings is 2. The minimum atomic E-state index is -1.22. The first-order chi connectivity index (χ1) is 14.4. The van der Waals surface area contributed by atoms with Gasteiger partial charge in [-0.15, -0.1) is 0 Å². The van der Waals surface area contributed by atoms with Crippen molar-refractivity contribution >= 4 is 23.6 Å². The van der Waals surface area contributed by atoms with Crippen molar-refractivity contribution in [3.63, 3.8) is 0 Å². The Labute approximate surface area is 181 Å². The zero-order valence-corrected chi connectivity index (χ0v) is 17.3. The van der Waals surface area contributed by atoms with Crippen LogP contribution in [0, 0.1) is 0 Å². The topological polar surface area (TPSA) is 71.5 Å². The van der Waals surface area contributed by atoms with Gasteiger partial charge in [0, 0.05) is 29.1 Å². The van der Waals surface area contributed by atoms with Gasteiger partial charge in [0.2, 0.25) is 5.91 Å². The molecule has 2 aromatic carbocycles. The summed E-state index contributed by atoms with van der Waals surface area (Å²) in [6.07, 6.45) is 6.62. The molecule has 0 aliphatic rings. The van der Waals surface area contributed by atoms with Gasteiger partial charge >= 0.3 is 0 Å². The summed E-state index contributed by atoms with van der Waals surface area (Å²) < 4.78 is 5.72. The summed E-state index contributed by atoms with van der Waals surface area (Å²) >= 11 is 5.97. The molecule has 0 saturated carbocycles. The van der Waals surface area contributed by atoms with Crippen LogP contribution >= 0.6 is 11.6 Å². The second-order valence-corrected chi connectivity index (χ2v) is 7.49. The van der Waals surface area contributed by atoms with E-state index in [4.69, 9.17) is 16.3 Å². The summed E-state index contributed by atoms with van der Waals surface area (Å²) in [4.78, 5) is 16.2. The lowest BCUT2D eigenvalue weighted by Gasteiger charge is -2.24. The molecular weight excluding hydrogens is 400 g/mol. The van der Waals surface area contributed by atoms with Gasteiger partial charge in [-0.05, 0) is 54.5 Å². The van der Waals surface area contributed by atoms with E-state index in [1.807, 2.05) is 36.4 Å². The zero-order valence-electron chi connectivity index (χ0n) is 16.6. The monoisotopic (exact) mass is 422 g/mol. The van der Waals surface area contributed by atoms with E-state index in [-0.39, 0.29) is 12.5 Å². The molecule has 0 aliphatic carbocycles. The van der Waals surface area contributed by atoms with Crippen molar-refractivity contribution in [2.45, 2.75) is 19.1 Å². The Morgan fingerprint density at radius 3 is 2.70 bits per heavy atom. The lowest BCUT2D eigenvalue weighted by Crippen LogP contribution is -2.37. The number of carbonyl (C=O) groups is 1. The van der Waals surface area contributed by atoms with Gasteiger partial charge < -0.3 is 15.2 Å². The molecule has 30 heavy (non-hydrogen) atoms. The molecule has 0 spiro atoms. The molecule has 0 fully saturated rings. The highest BCUT2D eigenvalue weighted by molar-refractivity contribution is 6.30. The Hall–Kier alpha value is -3.15. The third-order valence-corrected chi connectivity index (χ3v) is 4.72. The number of nitrogens with zero attached hydrogens (tertiary/aromatic N) is 1. The van der Waals surface area contributed by atoms with Crippen LogP contribution in [-0.4, -0.2) is 22.5 Å².